The SMILES string of the molecule is OCC1OC(OC2CC(O)CC3OC(C4CCC(O)C(O)C4)C(OC4OC(CO)C(O)C(O)C4OC4OCC(O)C(OC5OC(CO)C(O)C(O)C5O)C4O)CC23)C(O)C(O)C1O. The molecular weight excluding hydrogens is 856 g/mol. The molecule has 366 valence electrons. The van der Waals surface area contributed by atoms with Crippen molar-refractivity contribution in [3.8, 4) is 0 Å². The van der Waals surface area contributed by atoms with Gasteiger partial charge in [0.05, 0.1) is 69.2 Å². The van der Waals surface area contributed by atoms with Crippen LogP contribution in [0.15, 0.2) is 0 Å². The lowest BCUT2D eigenvalue weighted by Gasteiger charge is -2.53. The fourth-order valence-corrected chi connectivity index (χ4v) is 9.92. The summed E-state index contributed by atoms with van der Waals surface area (Å²) in [5.74, 6) is -1.14. The third-order valence-corrected chi connectivity index (χ3v) is 13.6. The molecule has 0 aromatic heterocycles. The van der Waals surface area contributed by atoms with E-state index in [0.29, 0.717) is 6.42 Å². The predicted molar refractivity (Wildman–Crippen MR) is 198 cm³/mol. The van der Waals surface area contributed by atoms with Gasteiger partial charge >= 0.3 is 0 Å². The van der Waals surface area contributed by atoms with Crippen molar-refractivity contribution in [2.75, 3.05) is 26.4 Å². The third kappa shape index (κ3) is 10.4. The molecule has 0 amide bonds. The van der Waals surface area contributed by atoms with E-state index in [4.69, 9.17) is 42.6 Å². The van der Waals surface area contributed by atoms with Gasteiger partial charge in [-0.05, 0) is 38.0 Å². The van der Waals surface area contributed by atoms with Crippen molar-refractivity contribution in [3.05, 3.63) is 0 Å². The van der Waals surface area contributed by atoms with Gasteiger partial charge in [-0.2, -0.15) is 0 Å². The topological polar surface area (TPSA) is 407 Å². The van der Waals surface area contributed by atoms with E-state index in [1.807, 2.05) is 0 Å². The quantitative estimate of drug-likeness (QED) is 0.0864. The first kappa shape index (κ1) is 49.9. The van der Waals surface area contributed by atoms with Crippen molar-refractivity contribution in [2.45, 2.75) is 198 Å². The maximum Gasteiger partial charge on any atom is 0.187 e. The van der Waals surface area contributed by atoms with Gasteiger partial charge in [-0.1, -0.05) is 0 Å². The third-order valence-electron chi connectivity index (χ3n) is 13.6. The van der Waals surface area contributed by atoms with Crippen molar-refractivity contribution in [3.63, 3.8) is 0 Å². The Morgan fingerprint density at radius 1 is 0.413 bits per heavy atom. The van der Waals surface area contributed by atoms with E-state index in [9.17, 15) is 81.7 Å². The Morgan fingerprint density at radius 3 is 1.54 bits per heavy atom. The first-order valence-electron chi connectivity index (χ1n) is 21.5. The van der Waals surface area contributed by atoms with E-state index in [2.05, 4.69) is 0 Å². The van der Waals surface area contributed by atoms with E-state index in [0.717, 1.165) is 0 Å². The van der Waals surface area contributed by atoms with Gasteiger partial charge in [0.2, 0.25) is 0 Å². The molecule has 25 nitrogen and oxygen atoms in total. The van der Waals surface area contributed by atoms with Gasteiger partial charge in [0, 0.05) is 12.3 Å². The number of rotatable bonds is 12. The van der Waals surface area contributed by atoms with Crippen molar-refractivity contribution in [1.29, 1.82) is 0 Å². The number of aliphatic hydroxyl groups excluding tert-OH is 16. The molecule has 28 atom stereocenters. The summed E-state index contributed by atoms with van der Waals surface area (Å²) in [5.41, 5.74) is 0. The molecule has 16 N–H and O–H groups in total. The first-order valence-corrected chi connectivity index (χ1v) is 21.5. The normalized spacial score (nSPS) is 54.7. The Kier molecular flexibility index (Phi) is 16.7. The molecule has 7 aliphatic rings. The second-order valence-electron chi connectivity index (χ2n) is 17.8. The minimum atomic E-state index is -1.96. The largest absolute Gasteiger partial charge is 0.394 e. The molecule has 7 fully saturated rings. The highest BCUT2D eigenvalue weighted by Gasteiger charge is 2.56. The summed E-state index contributed by atoms with van der Waals surface area (Å²) in [6.07, 6.45) is -38.6. The van der Waals surface area contributed by atoms with Crippen molar-refractivity contribution < 1.29 is 124 Å². The zero-order valence-electron chi connectivity index (χ0n) is 34.1. The monoisotopic (exact) mass is 920 g/mol. The van der Waals surface area contributed by atoms with Crippen LogP contribution in [0.2, 0.25) is 0 Å². The van der Waals surface area contributed by atoms with Gasteiger partial charge in [0.25, 0.3) is 0 Å². The van der Waals surface area contributed by atoms with Crippen LogP contribution in [0, 0.1) is 11.8 Å². The fraction of sp³-hybridized carbons (Fsp3) is 1.00. The summed E-state index contributed by atoms with van der Waals surface area (Å²) >= 11 is 0. The van der Waals surface area contributed by atoms with E-state index < -0.39 is 198 Å². The Bertz CT molecular complexity index is 1430. The highest BCUT2D eigenvalue weighted by Crippen LogP contribution is 2.45. The molecular formula is C38H64O25. The number of fused-ring (bicyclic) bond motifs is 1. The smallest absolute Gasteiger partial charge is 0.187 e. The highest BCUT2D eigenvalue weighted by molar-refractivity contribution is 5.01. The lowest BCUT2D eigenvalue weighted by atomic mass is 9.72. The van der Waals surface area contributed by atoms with Crippen molar-refractivity contribution >= 4 is 0 Å². The molecule has 0 radical (unpaired) electrons. The Balaban J connectivity index is 1.13. The lowest BCUT2D eigenvalue weighted by molar-refractivity contribution is -0.383. The molecule has 0 spiro atoms. The van der Waals surface area contributed by atoms with Crippen molar-refractivity contribution in [2.24, 2.45) is 11.8 Å². The van der Waals surface area contributed by atoms with Crippen LogP contribution in [0.4, 0.5) is 0 Å². The predicted octanol–water partition coefficient (Wildman–Crippen LogP) is -8.91. The number of hydrogen-bond donors (Lipinski definition) is 16. The van der Waals surface area contributed by atoms with Gasteiger partial charge in [-0.25, -0.2) is 0 Å². The lowest BCUT2D eigenvalue weighted by Crippen LogP contribution is -2.66. The van der Waals surface area contributed by atoms with Crippen LogP contribution in [0.25, 0.3) is 0 Å². The molecule has 5 heterocycles. The minimum Gasteiger partial charge on any atom is -0.394 e. The average molecular weight is 921 g/mol. The van der Waals surface area contributed by atoms with E-state index in [1.54, 1.807) is 0 Å². The van der Waals surface area contributed by atoms with Crippen LogP contribution in [-0.4, -0.2) is 268 Å². The number of ether oxygens (including phenoxy) is 9. The summed E-state index contributed by atoms with van der Waals surface area (Å²) in [4.78, 5) is 0. The zero-order chi connectivity index (χ0) is 45.6. The molecule has 25 heteroatoms. The van der Waals surface area contributed by atoms with Gasteiger partial charge in [0.1, 0.15) is 91.6 Å². The molecule has 7 rings (SSSR count). The fourth-order valence-electron chi connectivity index (χ4n) is 9.92. The van der Waals surface area contributed by atoms with E-state index in [1.165, 1.54) is 0 Å². The van der Waals surface area contributed by atoms with E-state index >= 15 is 0 Å². The maximum absolute atomic E-state index is 11.5. The number of hydrogen-bond acceptors (Lipinski definition) is 25. The van der Waals surface area contributed by atoms with Crippen LogP contribution in [0.3, 0.4) is 0 Å². The second-order valence-corrected chi connectivity index (χ2v) is 17.8. The molecule has 0 aromatic carbocycles. The molecule has 5 saturated heterocycles. The minimum absolute atomic E-state index is 0.0243. The maximum atomic E-state index is 11.5. The van der Waals surface area contributed by atoms with Gasteiger partial charge in [0.15, 0.2) is 25.2 Å². The summed E-state index contributed by atoms with van der Waals surface area (Å²) in [6.45, 7) is -2.91. The van der Waals surface area contributed by atoms with Gasteiger partial charge in [-0.15, -0.1) is 0 Å². The van der Waals surface area contributed by atoms with Crippen LogP contribution in [0.5, 0.6) is 0 Å². The Hall–Kier alpha value is -1.00. The Labute approximate surface area is 360 Å². The van der Waals surface area contributed by atoms with Crippen LogP contribution < -0.4 is 0 Å². The summed E-state index contributed by atoms with van der Waals surface area (Å²) in [7, 11) is 0. The first-order chi connectivity index (χ1) is 29.9. The van der Waals surface area contributed by atoms with Gasteiger partial charge in [-0.3, -0.25) is 0 Å². The summed E-state index contributed by atoms with van der Waals surface area (Å²) < 4.78 is 53.6. The molecule has 2 saturated carbocycles. The van der Waals surface area contributed by atoms with Crippen LogP contribution in [0.1, 0.15) is 38.5 Å². The molecule has 28 unspecified atom stereocenters. The van der Waals surface area contributed by atoms with Crippen LogP contribution in [-0.2, 0) is 42.6 Å². The summed E-state index contributed by atoms with van der Waals surface area (Å²) in [5, 5.41) is 169. The van der Waals surface area contributed by atoms with Crippen LogP contribution >= 0.6 is 0 Å². The number of aliphatic hydroxyl groups is 16. The Morgan fingerprint density at radius 2 is 0.952 bits per heavy atom. The van der Waals surface area contributed by atoms with Gasteiger partial charge < -0.3 is 124 Å². The highest BCUT2D eigenvalue weighted by atomic mass is 16.8. The molecule has 5 aliphatic heterocycles. The molecule has 0 bridgehead atoms. The average Bonchev–Trinajstić information content (AvgIpc) is 3.26. The standard InChI is InChI=1S/C38H64O25/c39-7-20-23(46)26(49)29(52)36(59-20)57-18-5-12(42)4-17-13(18)6-19(32(56-17)11-1-2-14(43)15(44)3-11)58-38-34(28(51)25(48)22(9-41)61-38)63-35-31(54)33(16(45)10-55-35)62-37-30(53)27(50)24(47)21(8-40)60-37/h11-54H,1-10H2. The molecule has 0 aromatic rings. The molecule has 2 aliphatic carbocycles. The summed E-state index contributed by atoms with van der Waals surface area (Å²) in [6, 6.07) is 0. The van der Waals surface area contributed by atoms with E-state index in [-0.39, 0.29) is 32.1 Å². The second kappa shape index (κ2) is 21.1. The van der Waals surface area contributed by atoms with Crippen molar-refractivity contribution in [1.82, 2.24) is 0 Å². The molecule has 63 heavy (non-hydrogen) atoms. The zero-order valence-corrected chi connectivity index (χ0v) is 34.1.